The van der Waals surface area contributed by atoms with Gasteiger partial charge in [0.2, 0.25) is 0 Å². The molecule has 3 aromatic rings. The predicted octanol–water partition coefficient (Wildman–Crippen LogP) is 5.26. The highest BCUT2D eigenvalue weighted by Crippen LogP contribution is 2.38. The van der Waals surface area contributed by atoms with E-state index in [-0.39, 0.29) is 11.6 Å². The smallest absolute Gasteiger partial charge is 0.363 e. The number of rotatable bonds is 4. The molecule has 0 saturated carbocycles. The minimum absolute atomic E-state index is 0.0426. The van der Waals surface area contributed by atoms with Crippen molar-refractivity contribution in [2.24, 2.45) is 5.41 Å². The Morgan fingerprint density at radius 1 is 1.10 bits per heavy atom. The molecular formula is C19H20F5N5. The first-order chi connectivity index (χ1) is 13.4. The Labute approximate surface area is 164 Å². The van der Waals surface area contributed by atoms with Crippen molar-refractivity contribution >= 4 is 11.6 Å². The quantitative estimate of drug-likeness (QED) is 0.593. The van der Waals surface area contributed by atoms with E-state index < -0.39 is 35.7 Å². The number of nitrogens with one attached hydrogen (secondary N) is 1. The van der Waals surface area contributed by atoms with Gasteiger partial charge in [-0.3, -0.25) is 0 Å². The zero-order valence-corrected chi connectivity index (χ0v) is 16.3. The maximum atomic E-state index is 14.2. The van der Waals surface area contributed by atoms with Crippen molar-refractivity contribution in [2.75, 3.05) is 5.32 Å². The van der Waals surface area contributed by atoms with Gasteiger partial charge in [-0.1, -0.05) is 26.8 Å². The van der Waals surface area contributed by atoms with Crippen molar-refractivity contribution in [2.45, 2.75) is 46.6 Å². The zero-order chi connectivity index (χ0) is 21.6. The summed E-state index contributed by atoms with van der Waals surface area (Å²) >= 11 is 0. The second kappa shape index (κ2) is 7.23. The standard InChI is InChI=1S/C19H20F5N5/c1-10-7-15(29-17(25-10)26-14(9-20)28-29)27-16(18(2,3)4)11-5-6-12(13(21)8-11)19(22,23)24/h5-8,16,27H,9H2,1-4H3. The first-order valence-corrected chi connectivity index (χ1v) is 8.82. The third-order valence-corrected chi connectivity index (χ3v) is 4.39. The summed E-state index contributed by atoms with van der Waals surface area (Å²) in [6.07, 6.45) is -4.77. The molecule has 0 amide bonds. The molecule has 0 aliphatic carbocycles. The summed E-state index contributed by atoms with van der Waals surface area (Å²) in [6.45, 7) is 6.44. The average molecular weight is 413 g/mol. The van der Waals surface area contributed by atoms with E-state index in [0.717, 1.165) is 12.1 Å². The lowest BCUT2D eigenvalue weighted by Crippen LogP contribution is -2.27. The van der Waals surface area contributed by atoms with Gasteiger partial charge in [0, 0.05) is 11.8 Å². The van der Waals surface area contributed by atoms with Crippen LogP contribution in [0.1, 0.15) is 49.5 Å². The number of anilines is 1. The number of hydrogen-bond acceptors (Lipinski definition) is 4. The molecule has 0 bridgehead atoms. The summed E-state index contributed by atoms with van der Waals surface area (Å²) in [7, 11) is 0. The second-order valence-electron chi connectivity index (χ2n) is 7.84. The maximum Gasteiger partial charge on any atom is 0.419 e. The third-order valence-electron chi connectivity index (χ3n) is 4.39. The lowest BCUT2D eigenvalue weighted by atomic mass is 9.82. The van der Waals surface area contributed by atoms with Gasteiger partial charge in [0.25, 0.3) is 5.78 Å². The molecule has 0 aliphatic heterocycles. The van der Waals surface area contributed by atoms with Crippen molar-refractivity contribution < 1.29 is 22.0 Å². The maximum absolute atomic E-state index is 14.2. The molecule has 1 unspecified atom stereocenters. The monoisotopic (exact) mass is 413 g/mol. The van der Waals surface area contributed by atoms with E-state index in [2.05, 4.69) is 20.4 Å². The SMILES string of the molecule is Cc1cc(NC(c2ccc(C(F)(F)F)c(F)c2)C(C)(C)C)n2nc(CF)nc2n1. The third kappa shape index (κ3) is 4.30. The highest BCUT2D eigenvalue weighted by Gasteiger charge is 2.35. The Morgan fingerprint density at radius 2 is 1.79 bits per heavy atom. The van der Waals surface area contributed by atoms with Crippen molar-refractivity contribution in [3.63, 3.8) is 0 Å². The van der Waals surface area contributed by atoms with Crippen molar-refractivity contribution in [1.82, 2.24) is 19.6 Å². The molecule has 2 heterocycles. The molecule has 1 atom stereocenters. The first kappa shape index (κ1) is 20.9. The first-order valence-electron chi connectivity index (χ1n) is 8.82. The summed E-state index contributed by atoms with van der Waals surface area (Å²) in [5, 5.41) is 7.24. The molecule has 0 aliphatic rings. The van der Waals surface area contributed by atoms with Gasteiger partial charge in [0.15, 0.2) is 12.5 Å². The van der Waals surface area contributed by atoms with E-state index in [1.807, 2.05) is 20.8 Å². The van der Waals surface area contributed by atoms with Gasteiger partial charge in [0.1, 0.15) is 11.6 Å². The topological polar surface area (TPSA) is 55.1 Å². The Balaban J connectivity index is 2.07. The molecule has 2 aromatic heterocycles. The summed E-state index contributed by atoms with van der Waals surface area (Å²) in [5.41, 5.74) is -0.917. The Kier molecular flexibility index (Phi) is 5.22. The summed E-state index contributed by atoms with van der Waals surface area (Å²) in [5.74, 6) is -0.784. The van der Waals surface area contributed by atoms with Crippen molar-refractivity contribution in [1.29, 1.82) is 0 Å². The van der Waals surface area contributed by atoms with E-state index in [0.29, 0.717) is 17.1 Å². The van der Waals surface area contributed by atoms with Gasteiger partial charge in [-0.2, -0.15) is 22.7 Å². The number of nitrogens with zero attached hydrogens (tertiary/aromatic N) is 4. The number of halogens is 5. The lowest BCUT2D eigenvalue weighted by Gasteiger charge is -2.33. The molecular weight excluding hydrogens is 393 g/mol. The minimum Gasteiger partial charge on any atom is -0.363 e. The van der Waals surface area contributed by atoms with Crippen LogP contribution in [0.5, 0.6) is 0 Å². The van der Waals surface area contributed by atoms with E-state index in [1.54, 1.807) is 13.0 Å². The number of benzene rings is 1. The normalized spacial score (nSPS) is 13.7. The molecule has 10 heteroatoms. The van der Waals surface area contributed by atoms with Gasteiger partial charge >= 0.3 is 6.18 Å². The van der Waals surface area contributed by atoms with Crippen LogP contribution in [-0.2, 0) is 12.9 Å². The van der Waals surface area contributed by atoms with Gasteiger partial charge in [-0.25, -0.2) is 13.8 Å². The summed E-state index contributed by atoms with van der Waals surface area (Å²) in [6, 6.07) is 3.93. The second-order valence-corrected chi connectivity index (χ2v) is 7.84. The highest BCUT2D eigenvalue weighted by molar-refractivity contribution is 5.48. The van der Waals surface area contributed by atoms with Gasteiger partial charge < -0.3 is 5.32 Å². The fourth-order valence-electron chi connectivity index (χ4n) is 3.08. The zero-order valence-electron chi connectivity index (χ0n) is 16.3. The minimum atomic E-state index is -4.77. The summed E-state index contributed by atoms with van der Waals surface area (Å²) in [4.78, 5) is 8.19. The van der Waals surface area contributed by atoms with Gasteiger partial charge in [0.05, 0.1) is 11.6 Å². The van der Waals surface area contributed by atoms with Crippen LogP contribution in [0.4, 0.5) is 27.8 Å². The van der Waals surface area contributed by atoms with Crippen LogP contribution >= 0.6 is 0 Å². The number of alkyl halides is 4. The van der Waals surface area contributed by atoms with Crippen LogP contribution in [0.2, 0.25) is 0 Å². The molecule has 156 valence electrons. The fraction of sp³-hybridized carbons (Fsp3) is 0.421. The van der Waals surface area contributed by atoms with Crippen LogP contribution in [-0.4, -0.2) is 19.6 Å². The Hall–Kier alpha value is -2.78. The van der Waals surface area contributed by atoms with Crippen molar-refractivity contribution in [3.8, 4) is 0 Å². The van der Waals surface area contributed by atoms with Crippen LogP contribution in [0.3, 0.4) is 0 Å². The van der Waals surface area contributed by atoms with Crippen LogP contribution in [0, 0.1) is 18.2 Å². The highest BCUT2D eigenvalue weighted by atomic mass is 19.4. The molecule has 0 saturated heterocycles. The molecule has 1 N–H and O–H groups in total. The van der Waals surface area contributed by atoms with Gasteiger partial charge in [-0.05, 0) is 30.0 Å². The van der Waals surface area contributed by atoms with Crippen molar-refractivity contribution in [3.05, 3.63) is 52.7 Å². The summed E-state index contributed by atoms with van der Waals surface area (Å²) < 4.78 is 67.2. The van der Waals surface area contributed by atoms with E-state index in [1.165, 1.54) is 10.6 Å². The van der Waals surface area contributed by atoms with E-state index in [4.69, 9.17) is 0 Å². The Morgan fingerprint density at radius 3 is 2.34 bits per heavy atom. The van der Waals surface area contributed by atoms with E-state index in [9.17, 15) is 22.0 Å². The Bertz CT molecular complexity index is 1040. The number of aryl methyl sites for hydroxylation is 1. The predicted molar refractivity (Wildman–Crippen MR) is 97.6 cm³/mol. The molecule has 0 fully saturated rings. The molecule has 0 spiro atoms. The van der Waals surface area contributed by atoms with Gasteiger partial charge in [-0.15, -0.1) is 5.10 Å². The largest absolute Gasteiger partial charge is 0.419 e. The number of hydrogen-bond donors (Lipinski definition) is 1. The lowest BCUT2D eigenvalue weighted by molar-refractivity contribution is -0.140. The molecule has 0 radical (unpaired) electrons. The average Bonchev–Trinajstić information content (AvgIpc) is 3.00. The molecule has 5 nitrogen and oxygen atoms in total. The van der Waals surface area contributed by atoms with Crippen LogP contribution in [0.25, 0.3) is 5.78 Å². The molecule has 1 aromatic carbocycles. The number of fused-ring (bicyclic) bond motifs is 1. The number of aromatic nitrogens is 4. The van der Waals surface area contributed by atoms with E-state index >= 15 is 0 Å². The van der Waals surface area contributed by atoms with Crippen LogP contribution in [0.15, 0.2) is 24.3 Å². The van der Waals surface area contributed by atoms with Crippen LogP contribution < -0.4 is 5.32 Å². The fourth-order valence-corrected chi connectivity index (χ4v) is 3.08. The molecule has 29 heavy (non-hydrogen) atoms. The molecule has 3 rings (SSSR count).